The number of hydrogen-bond donors (Lipinski definition) is 2. The molecule has 4 aromatic rings. The maximum absolute atomic E-state index is 12.8. The Kier molecular flexibility index (Phi) is 4.67. The fourth-order valence-electron chi connectivity index (χ4n) is 2.88. The van der Waals surface area contributed by atoms with E-state index in [1.165, 1.54) is 6.20 Å². The van der Waals surface area contributed by atoms with Crippen LogP contribution in [-0.2, 0) is 13.0 Å². The normalized spacial score (nSPS) is 10.9. The SMILES string of the molecule is CCc1ccc(-n2c(=O)[nH]c3nc(NCc4ccccn4)ncc3c2=O)cc1. The van der Waals surface area contributed by atoms with Gasteiger partial charge < -0.3 is 5.32 Å². The Balaban J connectivity index is 1.69. The van der Waals surface area contributed by atoms with Crippen LogP contribution in [0, 0.1) is 0 Å². The summed E-state index contributed by atoms with van der Waals surface area (Å²) in [5.41, 5.74) is 1.64. The monoisotopic (exact) mass is 374 g/mol. The van der Waals surface area contributed by atoms with Crippen molar-refractivity contribution in [2.24, 2.45) is 0 Å². The molecule has 140 valence electrons. The average molecular weight is 374 g/mol. The van der Waals surface area contributed by atoms with Crippen LogP contribution in [0.1, 0.15) is 18.2 Å². The maximum atomic E-state index is 12.8. The molecule has 0 radical (unpaired) electrons. The molecule has 0 fully saturated rings. The van der Waals surface area contributed by atoms with Gasteiger partial charge in [-0.05, 0) is 36.2 Å². The van der Waals surface area contributed by atoms with Crippen molar-refractivity contribution in [2.45, 2.75) is 19.9 Å². The molecule has 0 saturated carbocycles. The van der Waals surface area contributed by atoms with Crippen LogP contribution in [0.2, 0.25) is 0 Å². The maximum Gasteiger partial charge on any atom is 0.334 e. The molecule has 0 atom stereocenters. The molecule has 0 saturated heterocycles. The Bertz CT molecular complexity index is 1230. The zero-order valence-corrected chi connectivity index (χ0v) is 15.2. The first-order valence-electron chi connectivity index (χ1n) is 8.91. The van der Waals surface area contributed by atoms with Gasteiger partial charge in [0, 0.05) is 12.4 Å². The minimum Gasteiger partial charge on any atom is -0.349 e. The summed E-state index contributed by atoms with van der Waals surface area (Å²) >= 11 is 0. The highest BCUT2D eigenvalue weighted by Crippen LogP contribution is 2.10. The predicted molar refractivity (Wildman–Crippen MR) is 107 cm³/mol. The summed E-state index contributed by atoms with van der Waals surface area (Å²) in [6, 6.07) is 12.9. The molecule has 4 rings (SSSR count). The second-order valence-electron chi connectivity index (χ2n) is 6.22. The lowest BCUT2D eigenvalue weighted by atomic mass is 10.1. The Hall–Kier alpha value is -3.81. The zero-order valence-electron chi connectivity index (χ0n) is 15.2. The molecule has 0 aliphatic heterocycles. The molecular weight excluding hydrogens is 356 g/mol. The summed E-state index contributed by atoms with van der Waals surface area (Å²) in [4.78, 5) is 40.7. The Morgan fingerprint density at radius 2 is 1.89 bits per heavy atom. The number of pyridine rings is 1. The van der Waals surface area contributed by atoms with E-state index < -0.39 is 11.2 Å². The van der Waals surface area contributed by atoms with E-state index in [1.54, 1.807) is 18.3 Å². The molecule has 8 nitrogen and oxygen atoms in total. The quantitative estimate of drug-likeness (QED) is 0.554. The number of nitrogens with one attached hydrogen (secondary N) is 2. The minimum atomic E-state index is -0.545. The Morgan fingerprint density at radius 3 is 2.61 bits per heavy atom. The van der Waals surface area contributed by atoms with Gasteiger partial charge in [0.05, 0.1) is 17.9 Å². The summed E-state index contributed by atoms with van der Waals surface area (Å²) in [7, 11) is 0. The second-order valence-corrected chi connectivity index (χ2v) is 6.22. The Morgan fingerprint density at radius 1 is 1.07 bits per heavy atom. The molecule has 0 amide bonds. The van der Waals surface area contributed by atoms with Crippen molar-refractivity contribution in [3.63, 3.8) is 0 Å². The molecular formula is C20H18N6O2. The number of rotatable bonds is 5. The summed E-state index contributed by atoms with van der Waals surface area (Å²) < 4.78 is 1.09. The minimum absolute atomic E-state index is 0.190. The van der Waals surface area contributed by atoms with Crippen molar-refractivity contribution in [1.82, 2.24) is 24.5 Å². The fraction of sp³-hybridized carbons (Fsp3) is 0.150. The fourth-order valence-corrected chi connectivity index (χ4v) is 2.88. The van der Waals surface area contributed by atoms with Gasteiger partial charge in [0.2, 0.25) is 5.95 Å². The van der Waals surface area contributed by atoms with E-state index in [0.717, 1.165) is 22.2 Å². The van der Waals surface area contributed by atoms with Gasteiger partial charge in [0.25, 0.3) is 5.56 Å². The van der Waals surface area contributed by atoms with Crippen LogP contribution in [-0.4, -0.2) is 24.5 Å². The molecule has 3 heterocycles. The van der Waals surface area contributed by atoms with E-state index in [2.05, 4.69) is 25.3 Å². The van der Waals surface area contributed by atoms with E-state index in [9.17, 15) is 9.59 Å². The first kappa shape index (κ1) is 17.6. The highest BCUT2D eigenvalue weighted by molar-refractivity contribution is 5.73. The molecule has 3 aromatic heterocycles. The molecule has 28 heavy (non-hydrogen) atoms. The number of hydrogen-bond acceptors (Lipinski definition) is 6. The summed E-state index contributed by atoms with van der Waals surface area (Å²) in [6.45, 7) is 2.47. The molecule has 0 bridgehead atoms. The topological polar surface area (TPSA) is 106 Å². The molecule has 0 spiro atoms. The standard InChI is InChI=1S/C20H18N6O2/c1-2-13-6-8-15(9-7-13)26-18(27)16-12-23-19(24-17(16)25-20(26)28)22-11-14-5-3-4-10-21-14/h3-10,12H,2,11H2,1H3,(H2,22,23,24,25,28). The van der Waals surface area contributed by atoms with Crippen LogP contribution < -0.4 is 16.6 Å². The lowest BCUT2D eigenvalue weighted by Gasteiger charge is -2.08. The third kappa shape index (κ3) is 3.39. The molecule has 0 aliphatic rings. The molecule has 0 aliphatic carbocycles. The number of fused-ring (bicyclic) bond motifs is 1. The number of aromatic nitrogens is 5. The average Bonchev–Trinajstić information content (AvgIpc) is 2.73. The Labute approximate surface area is 160 Å². The van der Waals surface area contributed by atoms with E-state index >= 15 is 0 Å². The second kappa shape index (κ2) is 7.43. The van der Waals surface area contributed by atoms with Crippen LogP contribution in [0.15, 0.2) is 64.4 Å². The zero-order chi connectivity index (χ0) is 19.5. The number of aromatic amines is 1. The van der Waals surface area contributed by atoms with Gasteiger partial charge in [-0.2, -0.15) is 4.98 Å². The van der Waals surface area contributed by atoms with Crippen LogP contribution in [0.25, 0.3) is 16.7 Å². The van der Waals surface area contributed by atoms with Gasteiger partial charge in [-0.1, -0.05) is 25.1 Å². The largest absolute Gasteiger partial charge is 0.349 e. The van der Waals surface area contributed by atoms with Crippen LogP contribution in [0.3, 0.4) is 0 Å². The summed E-state index contributed by atoms with van der Waals surface area (Å²) in [6.07, 6.45) is 3.99. The first-order chi connectivity index (χ1) is 13.7. The van der Waals surface area contributed by atoms with Gasteiger partial charge in [-0.3, -0.25) is 14.8 Å². The first-order valence-corrected chi connectivity index (χ1v) is 8.91. The smallest absolute Gasteiger partial charge is 0.334 e. The third-order valence-electron chi connectivity index (χ3n) is 4.41. The van der Waals surface area contributed by atoms with E-state index in [4.69, 9.17) is 0 Å². The van der Waals surface area contributed by atoms with Crippen molar-refractivity contribution in [3.8, 4) is 5.69 Å². The van der Waals surface area contributed by atoms with E-state index in [1.807, 2.05) is 37.3 Å². The number of aryl methyl sites for hydroxylation is 1. The number of anilines is 1. The van der Waals surface area contributed by atoms with E-state index in [-0.39, 0.29) is 11.0 Å². The van der Waals surface area contributed by atoms with Crippen molar-refractivity contribution in [2.75, 3.05) is 5.32 Å². The van der Waals surface area contributed by atoms with Crippen LogP contribution in [0.4, 0.5) is 5.95 Å². The third-order valence-corrected chi connectivity index (χ3v) is 4.41. The summed E-state index contributed by atoms with van der Waals surface area (Å²) in [5, 5.41) is 3.27. The number of nitrogens with zero attached hydrogens (tertiary/aromatic N) is 4. The van der Waals surface area contributed by atoms with Gasteiger partial charge in [0.15, 0.2) is 5.65 Å². The van der Waals surface area contributed by atoms with Gasteiger partial charge in [-0.25, -0.2) is 14.3 Å². The van der Waals surface area contributed by atoms with Crippen molar-refractivity contribution < 1.29 is 0 Å². The highest BCUT2D eigenvalue weighted by Gasteiger charge is 2.12. The van der Waals surface area contributed by atoms with Crippen molar-refractivity contribution >= 4 is 17.0 Å². The van der Waals surface area contributed by atoms with Crippen LogP contribution >= 0.6 is 0 Å². The van der Waals surface area contributed by atoms with Crippen molar-refractivity contribution in [1.29, 1.82) is 0 Å². The van der Waals surface area contributed by atoms with Gasteiger partial charge in [-0.15, -0.1) is 0 Å². The lowest BCUT2D eigenvalue weighted by Crippen LogP contribution is -2.34. The molecule has 0 unspecified atom stereocenters. The van der Waals surface area contributed by atoms with Gasteiger partial charge >= 0.3 is 5.69 Å². The molecule has 2 N–H and O–H groups in total. The van der Waals surface area contributed by atoms with E-state index in [0.29, 0.717) is 18.2 Å². The molecule has 1 aromatic carbocycles. The van der Waals surface area contributed by atoms with Crippen LogP contribution in [0.5, 0.6) is 0 Å². The number of H-pyrrole nitrogens is 1. The lowest BCUT2D eigenvalue weighted by molar-refractivity contribution is 0.889. The summed E-state index contributed by atoms with van der Waals surface area (Å²) in [5.74, 6) is 0.304. The van der Waals surface area contributed by atoms with Gasteiger partial charge in [0.1, 0.15) is 5.39 Å². The van der Waals surface area contributed by atoms with Crippen molar-refractivity contribution in [3.05, 3.63) is 87.0 Å². The molecule has 8 heteroatoms. The highest BCUT2D eigenvalue weighted by atomic mass is 16.2. The number of benzene rings is 1. The predicted octanol–water partition coefficient (Wildman–Crippen LogP) is 2.04.